The van der Waals surface area contributed by atoms with Crippen LogP contribution in [-0.4, -0.2) is 37.5 Å². The maximum Gasteiger partial charge on any atom is 0.241 e. The smallest absolute Gasteiger partial charge is 0.241 e. The van der Waals surface area contributed by atoms with Crippen LogP contribution in [0.3, 0.4) is 0 Å². The monoisotopic (exact) mass is 220 g/mol. The van der Waals surface area contributed by atoms with Crippen molar-refractivity contribution in [1.29, 1.82) is 0 Å². The molecule has 1 aromatic carbocycles. The Morgan fingerprint density at radius 1 is 1.12 bits per heavy atom. The van der Waals surface area contributed by atoms with Gasteiger partial charge in [-0.2, -0.15) is 0 Å². The zero-order valence-corrected chi connectivity index (χ0v) is 10.3. The van der Waals surface area contributed by atoms with E-state index in [2.05, 4.69) is 11.8 Å². The van der Waals surface area contributed by atoms with Crippen molar-refractivity contribution < 1.29 is 4.79 Å². The first-order valence-corrected chi connectivity index (χ1v) is 5.73. The van der Waals surface area contributed by atoms with Gasteiger partial charge in [0.15, 0.2) is 0 Å². The van der Waals surface area contributed by atoms with Crippen LogP contribution in [0.5, 0.6) is 0 Å². The van der Waals surface area contributed by atoms with Gasteiger partial charge in [-0.3, -0.25) is 4.79 Å². The van der Waals surface area contributed by atoms with E-state index in [1.165, 1.54) is 0 Å². The molecule has 0 N–H and O–H groups in total. The molecule has 0 aromatic heterocycles. The number of carbonyl (C=O) groups excluding carboxylic acids is 1. The number of amides is 1. The van der Waals surface area contributed by atoms with Gasteiger partial charge in [0.05, 0.1) is 6.54 Å². The minimum Gasteiger partial charge on any atom is -0.362 e. The van der Waals surface area contributed by atoms with Crippen molar-refractivity contribution in [3.63, 3.8) is 0 Å². The van der Waals surface area contributed by atoms with Gasteiger partial charge in [-0.05, 0) is 26.0 Å². The van der Waals surface area contributed by atoms with Gasteiger partial charge in [0.25, 0.3) is 0 Å². The molecule has 0 aliphatic heterocycles. The summed E-state index contributed by atoms with van der Waals surface area (Å²) in [6, 6.07) is 10.0. The number of para-hydroxylation sites is 1. The van der Waals surface area contributed by atoms with Gasteiger partial charge in [0.2, 0.25) is 5.91 Å². The Morgan fingerprint density at radius 2 is 1.75 bits per heavy atom. The number of benzene rings is 1. The average Bonchev–Trinajstić information content (AvgIpc) is 2.35. The lowest BCUT2D eigenvalue weighted by atomic mass is 10.3. The van der Waals surface area contributed by atoms with E-state index in [-0.39, 0.29) is 5.91 Å². The molecule has 0 saturated carbocycles. The Balaban J connectivity index is 2.66. The predicted molar refractivity (Wildman–Crippen MR) is 67.6 cm³/mol. The highest BCUT2D eigenvalue weighted by Gasteiger charge is 2.12. The number of hydrogen-bond acceptors (Lipinski definition) is 2. The quantitative estimate of drug-likeness (QED) is 0.757. The molecule has 16 heavy (non-hydrogen) atoms. The zero-order valence-electron chi connectivity index (χ0n) is 10.3. The van der Waals surface area contributed by atoms with Crippen LogP contribution in [0.25, 0.3) is 0 Å². The first-order valence-electron chi connectivity index (χ1n) is 5.73. The topological polar surface area (TPSA) is 23.6 Å². The van der Waals surface area contributed by atoms with Crippen LogP contribution >= 0.6 is 0 Å². The van der Waals surface area contributed by atoms with Gasteiger partial charge < -0.3 is 9.80 Å². The Kier molecular flexibility index (Phi) is 4.83. The SMILES string of the molecule is CCN(C)C(=O)CN(CC)c1ccccc1. The molecule has 1 rings (SSSR count). The largest absolute Gasteiger partial charge is 0.362 e. The highest BCUT2D eigenvalue weighted by Crippen LogP contribution is 2.12. The standard InChI is InChI=1S/C13H20N2O/c1-4-14(3)13(16)11-15(5-2)12-9-7-6-8-10-12/h6-10H,4-5,11H2,1-3H3. The molecular formula is C13H20N2O. The van der Waals surface area contributed by atoms with Crippen LogP contribution in [0.1, 0.15) is 13.8 Å². The number of hydrogen-bond donors (Lipinski definition) is 0. The lowest BCUT2D eigenvalue weighted by molar-refractivity contribution is -0.128. The van der Waals surface area contributed by atoms with E-state index in [9.17, 15) is 4.79 Å². The molecule has 0 radical (unpaired) electrons. The lowest BCUT2D eigenvalue weighted by Crippen LogP contribution is -2.38. The van der Waals surface area contributed by atoms with E-state index in [0.29, 0.717) is 6.54 Å². The molecular weight excluding hydrogens is 200 g/mol. The van der Waals surface area contributed by atoms with Gasteiger partial charge >= 0.3 is 0 Å². The van der Waals surface area contributed by atoms with Crippen molar-refractivity contribution in [2.24, 2.45) is 0 Å². The summed E-state index contributed by atoms with van der Waals surface area (Å²) >= 11 is 0. The molecule has 0 fully saturated rings. The van der Waals surface area contributed by atoms with Crippen LogP contribution in [-0.2, 0) is 4.79 Å². The minimum absolute atomic E-state index is 0.160. The molecule has 0 bridgehead atoms. The van der Waals surface area contributed by atoms with Crippen molar-refractivity contribution in [1.82, 2.24) is 4.90 Å². The number of nitrogens with zero attached hydrogens (tertiary/aromatic N) is 2. The highest BCUT2D eigenvalue weighted by atomic mass is 16.2. The number of rotatable bonds is 5. The van der Waals surface area contributed by atoms with E-state index in [1.807, 2.05) is 44.3 Å². The van der Waals surface area contributed by atoms with Crippen LogP contribution in [0.15, 0.2) is 30.3 Å². The molecule has 3 nitrogen and oxygen atoms in total. The molecule has 0 aliphatic carbocycles. The second-order valence-electron chi connectivity index (χ2n) is 3.76. The Labute approximate surface area is 97.7 Å². The van der Waals surface area contributed by atoms with Crippen LogP contribution in [0.4, 0.5) is 5.69 Å². The van der Waals surface area contributed by atoms with E-state index in [0.717, 1.165) is 18.8 Å². The normalized spacial score (nSPS) is 9.94. The van der Waals surface area contributed by atoms with Crippen molar-refractivity contribution in [3.8, 4) is 0 Å². The molecule has 0 atom stereocenters. The molecule has 3 heteroatoms. The third-order valence-electron chi connectivity index (χ3n) is 2.73. The average molecular weight is 220 g/mol. The van der Waals surface area contributed by atoms with Crippen molar-refractivity contribution in [2.45, 2.75) is 13.8 Å². The number of likely N-dealkylation sites (N-methyl/N-ethyl adjacent to an activating group) is 2. The molecule has 88 valence electrons. The summed E-state index contributed by atoms with van der Waals surface area (Å²) in [5, 5.41) is 0. The van der Waals surface area contributed by atoms with Crippen molar-refractivity contribution >= 4 is 11.6 Å². The number of carbonyl (C=O) groups is 1. The zero-order chi connectivity index (χ0) is 12.0. The molecule has 0 aliphatic rings. The Hall–Kier alpha value is -1.51. The van der Waals surface area contributed by atoms with Crippen LogP contribution < -0.4 is 4.90 Å². The second kappa shape index (κ2) is 6.16. The number of anilines is 1. The fourth-order valence-corrected chi connectivity index (χ4v) is 1.48. The molecule has 0 heterocycles. The first-order chi connectivity index (χ1) is 7.69. The summed E-state index contributed by atoms with van der Waals surface area (Å²) in [6.07, 6.45) is 0. The lowest BCUT2D eigenvalue weighted by Gasteiger charge is -2.25. The van der Waals surface area contributed by atoms with E-state index in [4.69, 9.17) is 0 Å². The molecule has 1 amide bonds. The fraction of sp³-hybridized carbons (Fsp3) is 0.462. The van der Waals surface area contributed by atoms with E-state index < -0.39 is 0 Å². The summed E-state index contributed by atoms with van der Waals surface area (Å²) in [4.78, 5) is 15.6. The summed E-state index contributed by atoms with van der Waals surface area (Å²) in [5.74, 6) is 0.160. The minimum atomic E-state index is 0.160. The predicted octanol–water partition coefficient (Wildman–Crippen LogP) is 1.99. The summed E-state index contributed by atoms with van der Waals surface area (Å²) in [7, 11) is 1.83. The first kappa shape index (κ1) is 12.6. The molecule has 0 spiro atoms. The van der Waals surface area contributed by atoms with Gasteiger partial charge in [0.1, 0.15) is 0 Å². The maximum absolute atomic E-state index is 11.8. The van der Waals surface area contributed by atoms with Crippen LogP contribution in [0.2, 0.25) is 0 Å². The van der Waals surface area contributed by atoms with Gasteiger partial charge in [0, 0.05) is 25.8 Å². The third-order valence-corrected chi connectivity index (χ3v) is 2.73. The van der Waals surface area contributed by atoms with Crippen molar-refractivity contribution in [2.75, 3.05) is 31.6 Å². The maximum atomic E-state index is 11.8. The summed E-state index contributed by atoms with van der Waals surface area (Å²) in [6.45, 7) is 6.09. The highest BCUT2D eigenvalue weighted by molar-refractivity contribution is 5.81. The summed E-state index contributed by atoms with van der Waals surface area (Å²) < 4.78 is 0. The Bertz CT molecular complexity index is 324. The molecule has 1 aromatic rings. The van der Waals surface area contributed by atoms with E-state index >= 15 is 0 Å². The Morgan fingerprint density at radius 3 is 2.25 bits per heavy atom. The van der Waals surface area contributed by atoms with Gasteiger partial charge in [-0.1, -0.05) is 18.2 Å². The van der Waals surface area contributed by atoms with Crippen molar-refractivity contribution in [3.05, 3.63) is 30.3 Å². The van der Waals surface area contributed by atoms with E-state index in [1.54, 1.807) is 4.90 Å². The molecule has 0 unspecified atom stereocenters. The van der Waals surface area contributed by atoms with Gasteiger partial charge in [-0.25, -0.2) is 0 Å². The second-order valence-corrected chi connectivity index (χ2v) is 3.76. The fourth-order valence-electron chi connectivity index (χ4n) is 1.48. The third kappa shape index (κ3) is 3.26. The molecule has 0 saturated heterocycles. The van der Waals surface area contributed by atoms with Gasteiger partial charge in [-0.15, -0.1) is 0 Å². The summed E-state index contributed by atoms with van der Waals surface area (Å²) in [5.41, 5.74) is 1.10. The van der Waals surface area contributed by atoms with Crippen LogP contribution in [0, 0.1) is 0 Å².